The minimum Gasteiger partial charge on any atom is -0.481 e. The largest absolute Gasteiger partial charge is 0.481 e. The normalized spacial score (nSPS) is 10.6. The lowest BCUT2D eigenvalue weighted by Gasteiger charge is -2.00. The number of nitrogens with one attached hydrogen (secondary N) is 1. The lowest BCUT2D eigenvalue weighted by molar-refractivity contribution is -0.138. The number of carbonyl (C=O) groups excluding carboxylic acids is 1. The van der Waals surface area contributed by atoms with Gasteiger partial charge in [-0.25, -0.2) is 4.98 Å². The lowest BCUT2D eigenvalue weighted by Crippen LogP contribution is -2.23. The van der Waals surface area contributed by atoms with Crippen LogP contribution in [0.5, 0.6) is 0 Å². The number of fused-ring (bicyclic) bond motifs is 1. The Morgan fingerprint density at radius 3 is 2.89 bits per heavy atom. The number of carbonyl (C=O) groups is 2. The highest BCUT2D eigenvalue weighted by Gasteiger charge is 2.07. The molecular weight excluding hydrogens is 246 g/mol. The Morgan fingerprint density at radius 2 is 2.21 bits per heavy atom. The van der Waals surface area contributed by atoms with Crippen molar-refractivity contribution in [2.75, 3.05) is 0 Å². The second-order valence-electron chi connectivity index (χ2n) is 4.32. The summed E-state index contributed by atoms with van der Waals surface area (Å²) in [5.41, 5.74) is 2.67. The van der Waals surface area contributed by atoms with Gasteiger partial charge in [0.2, 0.25) is 5.91 Å². The first-order valence-electron chi connectivity index (χ1n) is 5.98. The van der Waals surface area contributed by atoms with E-state index < -0.39 is 5.97 Å². The molecule has 2 rings (SSSR count). The first kappa shape index (κ1) is 13.1. The molecule has 19 heavy (non-hydrogen) atoms. The van der Waals surface area contributed by atoms with E-state index >= 15 is 0 Å². The quantitative estimate of drug-likeness (QED) is 0.845. The van der Waals surface area contributed by atoms with Crippen LogP contribution in [0.15, 0.2) is 24.5 Å². The van der Waals surface area contributed by atoms with Crippen molar-refractivity contribution in [3.63, 3.8) is 0 Å². The molecule has 0 atom stereocenters. The van der Waals surface area contributed by atoms with Crippen molar-refractivity contribution in [2.24, 2.45) is 0 Å². The molecular formula is C13H15N3O3. The minimum absolute atomic E-state index is 0.0122. The first-order valence-corrected chi connectivity index (χ1v) is 5.98. The van der Waals surface area contributed by atoms with Gasteiger partial charge in [0.1, 0.15) is 5.65 Å². The van der Waals surface area contributed by atoms with E-state index in [0.717, 1.165) is 16.9 Å². The molecule has 2 aromatic rings. The van der Waals surface area contributed by atoms with Crippen LogP contribution >= 0.6 is 0 Å². The fraction of sp³-hybridized carbons (Fsp3) is 0.308. The maximum Gasteiger partial charge on any atom is 0.303 e. The number of imidazole rings is 1. The van der Waals surface area contributed by atoms with Crippen molar-refractivity contribution in [3.8, 4) is 0 Å². The van der Waals surface area contributed by atoms with Crippen LogP contribution in [0.4, 0.5) is 0 Å². The number of nitrogens with zero attached hydrogens (tertiary/aromatic N) is 2. The van der Waals surface area contributed by atoms with E-state index in [4.69, 9.17) is 5.11 Å². The Balaban J connectivity index is 1.96. The molecule has 0 saturated heterocycles. The van der Waals surface area contributed by atoms with Gasteiger partial charge in [-0.3, -0.25) is 9.59 Å². The lowest BCUT2D eigenvalue weighted by atomic mass is 10.3. The molecule has 6 nitrogen and oxygen atoms in total. The van der Waals surface area contributed by atoms with Gasteiger partial charge >= 0.3 is 5.97 Å². The SMILES string of the molecule is Cc1cccn2cc(CNC(=O)CCC(=O)O)nc12. The Hall–Kier alpha value is -2.37. The van der Waals surface area contributed by atoms with Crippen LogP contribution in [0.3, 0.4) is 0 Å². The van der Waals surface area contributed by atoms with Crippen LogP contribution in [-0.2, 0) is 16.1 Å². The van der Waals surface area contributed by atoms with Crippen LogP contribution in [0.25, 0.3) is 5.65 Å². The number of carboxylic acid groups (broad SMARTS) is 1. The van der Waals surface area contributed by atoms with E-state index in [9.17, 15) is 9.59 Å². The zero-order chi connectivity index (χ0) is 13.8. The minimum atomic E-state index is -0.974. The molecule has 0 unspecified atom stereocenters. The molecule has 0 aliphatic carbocycles. The van der Waals surface area contributed by atoms with E-state index in [-0.39, 0.29) is 18.7 Å². The van der Waals surface area contributed by atoms with E-state index in [0.29, 0.717) is 6.54 Å². The molecule has 0 saturated carbocycles. The molecule has 0 bridgehead atoms. The summed E-state index contributed by atoms with van der Waals surface area (Å²) in [4.78, 5) is 26.1. The van der Waals surface area contributed by atoms with Gasteiger partial charge < -0.3 is 14.8 Å². The maximum atomic E-state index is 11.4. The molecule has 6 heteroatoms. The van der Waals surface area contributed by atoms with Gasteiger partial charge in [0.15, 0.2) is 0 Å². The van der Waals surface area contributed by atoms with Crippen molar-refractivity contribution in [2.45, 2.75) is 26.3 Å². The highest BCUT2D eigenvalue weighted by Crippen LogP contribution is 2.09. The summed E-state index contributed by atoms with van der Waals surface area (Å²) in [6.07, 6.45) is 3.57. The highest BCUT2D eigenvalue weighted by molar-refractivity contribution is 5.80. The number of aromatic nitrogens is 2. The van der Waals surface area contributed by atoms with Gasteiger partial charge in [-0.05, 0) is 18.6 Å². The van der Waals surface area contributed by atoms with Gasteiger partial charge in [-0.1, -0.05) is 6.07 Å². The summed E-state index contributed by atoms with van der Waals surface area (Å²) >= 11 is 0. The molecule has 2 N–H and O–H groups in total. The van der Waals surface area contributed by atoms with E-state index in [1.54, 1.807) is 0 Å². The van der Waals surface area contributed by atoms with Gasteiger partial charge in [0, 0.05) is 18.8 Å². The molecule has 0 aliphatic rings. The van der Waals surface area contributed by atoms with E-state index in [1.165, 1.54) is 0 Å². The second kappa shape index (κ2) is 5.51. The second-order valence-corrected chi connectivity index (χ2v) is 4.32. The van der Waals surface area contributed by atoms with Crippen molar-refractivity contribution in [1.29, 1.82) is 0 Å². The molecule has 0 fully saturated rings. The third-order valence-electron chi connectivity index (χ3n) is 2.76. The number of carboxylic acids is 1. The third kappa shape index (κ3) is 3.31. The number of hydrogen-bond acceptors (Lipinski definition) is 3. The average molecular weight is 261 g/mol. The third-order valence-corrected chi connectivity index (χ3v) is 2.76. The van der Waals surface area contributed by atoms with Crippen LogP contribution in [0.1, 0.15) is 24.1 Å². The van der Waals surface area contributed by atoms with Gasteiger partial charge in [-0.2, -0.15) is 0 Å². The van der Waals surface area contributed by atoms with Crippen LogP contribution in [-0.4, -0.2) is 26.4 Å². The summed E-state index contributed by atoms with van der Waals surface area (Å²) < 4.78 is 1.90. The fourth-order valence-corrected chi connectivity index (χ4v) is 1.79. The summed E-state index contributed by atoms with van der Waals surface area (Å²) in [5.74, 6) is -1.25. The number of pyridine rings is 1. The van der Waals surface area contributed by atoms with Crippen molar-refractivity contribution in [3.05, 3.63) is 35.8 Å². The number of aliphatic carboxylic acids is 1. The Bertz CT molecular complexity index is 619. The predicted molar refractivity (Wildman–Crippen MR) is 68.6 cm³/mol. The van der Waals surface area contributed by atoms with Gasteiger partial charge in [-0.15, -0.1) is 0 Å². The first-order chi connectivity index (χ1) is 9.06. The summed E-state index contributed by atoms with van der Waals surface area (Å²) in [7, 11) is 0. The van der Waals surface area contributed by atoms with E-state index in [1.807, 2.05) is 35.9 Å². The summed E-state index contributed by atoms with van der Waals surface area (Å²) in [5, 5.41) is 11.1. The van der Waals surface area contributed by atoms with Crippen LogP contribution < -0.4 is 5.32 Å². The van der Waals surface area contributed by atoms with Crippen LogP contribution in [0.2, 0.25) is 0 Å². The Morgan fingerprint density at radius 1 is 1.42 bits per heavy atom. The predicted octanol–water partition coefficient (Wildman–Crippen LogP) is 1.12. The molecule has 0 aliphatic heterocycles. The molecule has 0 spiro atoms. The number of amides is 1. The molecule has 100 valence electrons. The van der Waals surface area contributed by atoms with E-state index in [2.05, 4.69) is 10.3 Å². The van der Waals surface area contributed by atoms with Crippen molar-refractivity contribution in [1.82, 2.24) is 14.7 Å². The van der Waals surface area contributed by atoms with Crippen molar-refractivity contribution >= 4 is 17.5 Å². The fourth-order valence-electron chi connectivity index (χ4n) is 1.79. The molecule has 2 aromatic heterocycles. The van der Waals surface area contributed by atoms with Gasteiger partial charge in [0.05, 0.1) is 18.7 Å². The Labute approximate surface area is 110 Å². The summed E-state index contributed by atoms with van der Waals surface area (Å²) in [6.45, 7) is 2.27. The zero-order valence-electron chi connectivity index (χ0n) is 10.6. The average Bonchev–Trinajstić information content (AvgIpc) is 2.78. The Kier molecular flexibility index (Phi) is 3.79. The molecule has 1 amide bonds. The van der Waals surface area contributed by atoms with Crippen LogP contribution in [0, 0.1) is 6.92 Å². The zero-order valence-corrected chi connectivity index (χ0v) is 10.6. The highest BCUT2D eigenvalue weighted by atomic mass is 16.4. The molecule has 2 heterocycles. The smallest absolute Gasteiger partial charge is 0.303 e. The number of aryl methyl sites for hydroxylation is 1. The van der Waals surface area contributed by atoms with Crippen molar-refractivity contribution < 1.29 is 14.7 Å². The number of rotatable bonds is 5. The molecule has 0 radical (unpaired) electrons. The van der Waals surface area contributed by atoms with Gasteiger partial charge in [0.25, 0.3) is 0 Å². The monoisotopic (exact) mass is 261 g/mol. The maximum absolute atomic E-state index is 11.4. The topological polar surface area (TPSA) is 83.7 Å². The summed E-state index contributed by atoms with van der Waals surface area (Å²) in [6, 6.07) is 3.90. The number of hydrogen-bond donors (Lipinski definition) is 2. The molecule has 0 aromatic carbocycles. The standard InChI is InChI=1S/C13H15N3O3/c1-9-3-2-6-16-8-10(15-13(9)16)7-14-11(17)4-5-12(18)19/h2-3,6,8H,4-5,7H2,1H3,(H,14,17)(H,18,19).